The second-order valence-electron chi connectivity index (χ2n) is 6.33. The number of methoxy groups -OCH3 is 2. The summed E-state index contributed by atoms with van der Waals surface area (Å²) in [4.78, 5) is 16.7. The fraction of sp³-hybridized carbons (Fsp3) is 0.182. The molecular formula is C22H23N3O3. The Hall–Kier alpha value is -3.54. The molecule has 0 aliphatic heterocycles. The maximum absolute atomic E-state index is 12.5. The van der Waals surface area contributed by atoms with Crippen LogP contribution in [0.25, 0.3) is 0 Å². The molecule has 0 aliphatic rings. The van der Waals surface area contributed by atoms with Gasteiger partial charge in [0.25, 0.3) is 5.91 Å². The SMILES string of the molecule is COc1ccc(NC(=O)c2ccc(Nc3cccc(C)c3C)cn2)cc1OC. The molecule has 1 aromatic heterocycles. The van der Waals surface area contributed by atoms with Gasteiger partial charge in [-0.1, -0.05) is 12.1 Å². The van der Waals surface area contributed by atoms with Gasteiger partial charge in [-0.25, -0.2) is 4.98 Å². The van der Waals surface area contributed by atoms with E-state index in [-0.39, 0.29) is 5.91 Å². The van der Waals surface area contributed by atoms with Gasteiger partial charge in [-0.15, -0.1) is 0 Å². The molecule has 1 amide bonds. The molecule has 1 heterocycles. The summed E-state index contributed by atoms with van der Waals surface area (Å²) in [6.07, 6.45) is 1.64. The summed E-state index contributed by atoms with van der Waals surface area (Å²) in [5.41, 5.74) is 5.14. The van der Waals surface area contributed by atoms with Crippen molar-refractivity contribution in [2.75, 3.05) is 24.9 Å². The molecule has 2 N–H and O–H groups in total. The minimum atomic E-state index is -0.300. The highest BCUT2D eigenvalue weighted by atomic mass is 16.5. The van der Waals surface area contributed by atoms with Crippen molar-refractivity contribution in [3.05, 3.63) is 71.5 Å². The molecule has 3 rings (SSSR count). The lowest BCUT2D eigenvalue weighted by Crippen LogP contribution is -2.13. The predicted molar refractivity (Wildman–Crippen MR) is 111 cm³/mol. The molecule has 2 aromatic carbocycles. The maximum atomic E-state index is 12.5. The largest absolute Gasteiger partial charge is 0.493 e. The van der Waals surface area contributed by atoms with Gasteiger partial charge in [0.2, 0.25) is 0 Å². The molecule has 0 atom stereocenters. The van der Waals surface area contributed by atoms with E-state index < -0.39 is 0 Å². The maximum Gasteiger partial charge on any atom is 0.274 e. The number of nitrogens with one attached hydrogen (secondary N) is 2. The number of ether oxygens (including phenoxy) is 2. The van der Waals surface area contributed by atoms with Crippen LogP contribution in [0.5, 0.6) is 11.5 Å². The van der Waals surface area contributed by atoms with Gasteiger partial charge >= 0.3 is 0 Å². The van der Waals surface area contributed by atoms with E-state index in [1.165, 1.54) is 11.1 Å². The van der Waals surface area contributed by atoms with E-state index in [1.807, 2.05) is 18.2 Å². The van der Waals surface area contributed by atoms with Gasteiger partial charge in [-0.05, 0) is 55.3 Å². The number of benzene rings is 2. The van der Waals surface area contributed by atoms with Gasteiger partial charge in [-0.3, -0.25) is 4.79 Å². The van der Waals surface area contributed by atoms with Crippen LogP contribution in [0.3, 0.4) is 0 Å². The molecular weight excluding hydrogens is 354 g/mol. The summed E-state index contributed by atoms with van der Waals surface area (Å²) in [5, 5.41) is 6.14. The van der Waals surface area contributed by atoms with Crippen LogP contribution in [-0.4, -0.2) is 25.1 Å². The van der Waals surface area contributed by atoms with Crippen LogP contribution in [0.15, 0.2) is 54.7 Å². The topological polar surface area (TPSA) is 72.5 Å². The van der Waals surface area contributed by atoms with E-state index in [0.29, 0.717) is 22.9 Å². The van der Waals surface area contributed by atoms with Gasteiger partial charge in [-0.2, -0.15) is 0 Å². The first-order valence-electron chi connectivity index (χ1n) is 8.84. The van der Waals surface area contributed by atoms with Crippen LogP contribution in [0.1, 0.15) is 21.6 Å². The van der Waals surface area contributed by atoms with E-state index in [0.717, 1.165) is 11.4 Å². The standard InChI is InChI=1S/C22H23N3O3/c1-14-6-5-7-18(15(14)2)24-17-8-10-19(23-13-17)22(26)25-16-9-11-20(27-3)21(12-16)28-4/h5-13,24H,1-4H3,(H,25,26). The van der Waals surface area contributed by atoms with E-state index in [4.69, 9.17) is 9.47 Å². The average Bonchev–Trinajstić information content (AvgIpc) is 2.71. The highest BCUT2D eigenvalue weighted by Crippen LogP contribution is 2.30. The number of amides is 1. The zero-order valence-electron chi connectivity index (χ0n) is 16.4. The summed E-state index contributed by atoms with van der Waals surface area (Å²) in [5.74, 6) is 0.840. The van der Waals surface area contributed by atoms with E-state index in [1.54, 1.807) is 44.7 Å². The van der Waals surface area contributed by atoms with Crippen LogP contribution in [0, 0.1) is 13.8 Å². The van der Waals surface area contributed by atoms with Crippen LogP contribution < -0.4 is 20.1 Å². The van der Waals surface area contributed by atoms with Crippen LogP contribution >= 0.6 is 0 Å². The summed E-state index contributed by atoms with van der Waals surface area (Å²) in [6, 6.07) is 14.8. The van der Waals surface area contributed by atoms with E-state index in [9.17, 15) is 4.79 Å². The molecule has 0 radical (unpaired) electrons. The molecule has 28 heavy (non-hydrogen) atoms. The summed E-state index contributed by atoms with van der Waals surface area (Å²) < 4.78 is 10.5. The number of aromatic nitrogens is 1. The summed E-state index contributed by atoms with van der Waals surface area (Å²) in [6.45, 7) is 4.14. The highest BCUT2D eigenvalue weighted by Gasteiger charge is 2.11. The molecule has 144 valence electrons. The van der Waals surface area contributed by atoms with Crippen molar-refractivity contribution in [2.24, 2.45) is 0 Å². The lowest BCUT2D eigenvalue weighted by atomic mass is 10.1. The van der Waals surface area contributed by atoms with Gasteiger partial charge in [0.05, 0.1) is 26.1 Å². The minimum absolute atomic E-state index is 0.300. The van der Waals surface area contributed by atoms with Gasteiger partial charge in [0.1, 0.15) is 5.69 Å². The molecule has 0 spiro atoms. The Morgan fingerprint density at radius 3 is 2.36 bits per heavy atom. The molecule has 0 bridgehead atoms. The molecule has 0 saturated carbocycles. The van der Waals surface area contributed by atoms with Crippen molar-refractivity contribution >= 4 is 23.0 Å². The van der Waals surface area contributed by atoms with Crippen molar-refractivity contribution in [1.29, 1.82) is 0 Å². The molecule has 0 unspecified atom stereocenters. The second kappa shape index (κ2) is 8.43. The number of carbonyl (C=O) groups excluding carboxylic acids is 1. The van der Waals surface area contributed by atoms with Crippen molar-refractivity contribution < 1.29 is 14.3 Å². The Morgan fingerprint density at radius 1 is 0.929 bits per heavy atom. The predicted octanol–water partition coefficient (Wildman–Crippen LogP) is 4.71. The monoisotopic (exact) mass is 377 g/mol. The Bertz CT molecular complexity index is 985. The van der Waals surface area contributed by atoms with Gasteiger partial charge in [0, 0.05) is 17.4 Å². The second-order valence-corrected chi connectivity index (χ2v) is 6.33. The van der Waals surface area contributed by atoms with Crippen LogP contribution in [0.2, 0.25) is 0 Å². The summed E-state index contributed by atoms with van der Waals surface area (Å²) in [7, 11) is 3.11. The molecule has 0 saturated heterocycles. The average molecular weight is 377 g/mol. The Labute approximate surface area is 164 Å². The zero-order valence-corrected chi connectivity index (χ0v) is 16.4. The quantitative estimate of drug-likeness (QED) is 0.651. The fourth-order valence-electron chi connectivity index (χ4n) is 2.75. The van der Waals surface area contributed by atoms with Crippen LogP contribution in [-0.2, 0) is 0 Å². The number of carbonyl (C=O) groups is 1. The lowest BCUT2D eigenvalue weighted by molar-refractivity contribution is 0.102. The highest BCUT2D eigenvalue weighted by molar-refractivity contribution is 6.03. The minimum Gasteiger partial charge on any atom is -0.493 e. The third-order valence-corrected chi connectivity index (χ3v) is 4.52. The normalized spacial score (nSPS) is 10.3. The van der Waals surface area contributed by atoms with Crippen LogP contribution in [0.4, 0.5) is 17.1 Å². The van der Waals surface area contributed by atoms with E-state index in [2.05, 4.69) is 35.5 Å². The van der Waals surface area contributed by atoms with Crippen molar-refractivity contribution in [1.82, 2.24) is 4.98 Å². The number of rotatable bonds is 6. The van der Waals surface area contributed by atoms with Gasteiger partial charge in [0.15, 0.2) is 11.5 Å². The first kappa shape index (κ1) is 19.2. The number of hydrogen-bond donors (Lipinski definition) is 2. The lowest BCUT2D eigenvalue weighted by Gasteiger charge is -2.12. The fourth-order valence-corrected chi connectivity index (χ4v) is 2.75. The molecule has 6 nitrogen and oxygen atoms in total. The number of nitrogens with zero attached hydrogens (tertiary/aromatic N) is 1. The molecule has 6 heteroatoms. The summed E-state index contributed by atoms with van der Waals surface area (Å²) >= 11 is 0. The number of anilines is 3. The van der Waals surface area contributed by atoms with Crippen molar-refractivity contribution in [3.8, 4) is 11.5 Å². The van der Waals surface area contributed by atoms with E-state index >= 15 is 0 Å². The third kappa shape index (κ3) is 4.23. The first-order chi connectivity index (χ1) is 13.5. The Morgan fingerprint density at radius 2 is 1.68 bits per heavy atom. The third-order valence-electron chi connectivity index (χ3n) is 4.52. The molecule has 3 aromatic rings. The number of aryl methyl sites for hydroxylation is 1. The van der Waals surface area contributed by atoms with Gasteiger partial charge < -0.3 is 20.1 Å². The molecule has 0 fully saturated rings. The zero-order chi connectivity index (χ0) is 20.1. The molecule has 0 aliphatic carbocycles. The van der Waals surface area contributed by atoms with Crippen molar-refractivity contribution in [2.45, 2.75) is 13.8 Å². The number of hydrogen-bond acceptors (Lipinski definition) is 5. The Balaban J connectivity index is 1.71. The first-order valence-corrected chi connectivity index (χ1v) is 8.84. The number of pyridine rings is 1. The van der Waals surface area contributed by atoms with Crippen molar-refractivity contribution in [3.63, 3.8) is 0 Å². The smallest absolute Gasteiger partial charge is 0.274 e. The Kier molecular flexibility index (Phi) is 5.79.